The second-order valence-electron chi connectivity index (χ2n) is 7.58. The van der Waals surface area contributed by atoms with E-state index in [9.17, 15) is 9.59 Å². The quantitative estimate of drug-likeness (QED) is 0.676. The number of nitrogens with one attached hydrogen (secondary N) is 1. The van der Waals surface area contributed by atoms with Crippen LogP contribution in [-0.2, 0) is 4.79 Å². The van der Waals surface area contributed by atoms with E-state index in [-0.39, 0.29) is 17.9 Å². The van der Waals surface area contributed by atoms with Crippen molar-refractivity contribution in [2.45, 2.75) is 38.6 Å². The molecule has 0 radical (unpaired) electrons. The molecule has 1 aliphatic heterocycles. The number of carbonyl (C=O) groups excluding carboxylic acids is 2. The van der Waals surface area contributed by atoms with Crippen molar-refractivity contribution in [1.82, 2.24) is 10.2 Å². The Bertz CT molecular complexity index is 860. The smallest absolute Gasteiger partial charge is 0.253 e. The van der Waals surface area contributed by atoms with E-state index in [1.807, 2.05) is 48.2 Å². The van der Waals surface area contributed by atoms with Gasteiger partial charge in [-0.15, -0.1) is 0 Å². The summed E-state index contributed by atoms with van der Waals surface area (Å²) in [5.41, 5.74) is 1.72. The summed E-state index contributed by atoms with van der Waals surface area (Å²) < 4.78 is 10.9. The SMILES string of the molecule is COc1cccc(C(=O)N2CCC(NC(=O)CCCOc3ccccc3C)CC2)c1. The molecule has 1 aliphatic rings. The minimum absolute atomic E-state index is 0.00651. The van der Waals surface area contributed by atoms with Crippen LogP contribution in [0.3, 0.4) is 0 Å². The first kappa shape index (κ1) is 21.7. The molecule has 6 nitrogen and oxygen atoms in total. The summed E-state index contributed by atoms with van der Waals surface area (Å²) in [6.45, 7) is 3.80. The van der Waals surface area contributed by atoms with Gasteiger partial charge in [-0.2, -0.15) is 0 Å². The second kappa shape index (κ2) is 10.7. The Morgan fingerprint density at radius 1 is 1.10 bits per heavy atom. The third-order valence-electron chi connectivity index (χ3n) is 5.36. The maximum Gasteiger partial charge on any atom is 0.253 e. The lowest BCUT2D eigenvalue weighted by molar-refractivity contribution is -0.122. The zero-order valence-electron chi connectivity index (χ0n) is 17.7. The molecule has 1 fully saturated rings. The molecule has 2 aromatic rings. The van der Waals surface area contributed by atoms with Crippen molar-refractivity contribution in [3.05, 3.63) is 59.7 Å². The Labute approximate surface area is 178 Å². The van der Waals surface area contributed by atoms with Crippen LogP contribution in [0.5, 0.6) is 11.5 Å². The Hall–Kier alpha value is -3.02. The summed E-state index contributed by atoms with van der Waals surface area (Å²) in [5.74, 6) is 1.59. The average molecular weight is 411 g/mol. The van der Waals surface area contributed by atoms with Crippen molar-refractivity contribution in [2.24, 2.45) is 0 Å². The van der Waals surface area contributed by atoms with E-state index >= 15 is 0 Å². The molecule has 30 heavy (non-hydrogen) atoms. The van der Waals surface area contributed by atoms with Crippen LogP contribution in [0.15, 0.2) is 48.5 Å². The van der Waals surface area contributed by atoms with Crippen LogP contribution in [0.25, 0.3) is 0 Å². The highest BCUT2D eigenvalue weighted by molar-refractivity contribution is 5.94. The van der Waals surface area contributed by atoms with E-state index in [2.05, 4.69) is 5.32 Å². The van der Waals surface area contributed by atoms with Crippen LogP contribution in [0.4, 0.5) is 0 Å². The van der Waals surface area contributed by atoms with Crippen molar-refractivity contribution < 1.29 is 19.1 Å². The zero-order chi connectivity index (χ0) is 21.3. The molecule has 0 aliphatic carbocycles. The number of benzene rings is 2. The Kier molecular flexibility index (Phi) is 7.71. The molecule has 2 aromatic carbocycles. The number of methoxy groups -OCH3 is 1. The fourth-order valence-corrected chi connectivity index (χ4v) is 3.60. The highest BCUT2D eigenvalue weighted by Crippen LogP contribution is 2.18. The lowest BCUT2D eigenvalue weighted by atomic mass is 10.0. The van der Waals surface area contributed by atoms with Crippen LogP contribution in [-0.4, -0.2) is 49.6 Å². The Balaban J connectivity index is 1.36. The van der Waals surface area contributed by atoms with E-state index in [4.69, 9.17) is 9.47 Å². The minimum atomic E-state index is 0.00651. The van der Waals surface area contributed by atoms with Crippen LogP contribution in [0, 0.1) is 6.92 Å². The summed E-state index contributed by atoms with van der Waals surface area (Å²) in [6, 6.07) is 15.2. The van der Waals surface area contributed by atoms with Gasteiger partial charge in [-0.25, -0.2) is 0 Å². The first-order valence-electron chi connectivity index (χ1n) is 10.5. The lowest BCUT2D eigenvalue weighted by Gasteiger charge is -2.32. The number of nitrogens with zero attached hydrogens (tertiary/aromatic N) is 1. The standard InChI is InChI=1S/C24H30N2O4/c1-18-7-3-4-10-22(18)30-16-6-11-23(27)25-20-12-14-26(15-13-20)24(28)19-8-5-9-21(17-19)29-2/h3-5,7-10,17,20H,6,11-16H2,1-2H3,(H,25,27). The number of amides is 2. The van der Waals surface area contributed by atoms with Gasteiger partial charge in [0, 0.05) is 31.1 Å². The van der Waals surface area contributed by atoms with Gasteiger partial charge in [-0.05, 0) is 56.0 Å². The lowest BCUT2D eigenvalue weighted by Crippen LogP contribution is -2.46. The molecule has 3 rings (SSSR count). The third kappa shape index (κ3) is 5.99. The molecule has 160 valence electrons. The monoisotopic (exact) mass is 410 g/mol. The molecule has 1 saturated heterocycles. The first-order valence-corrected chi connectivity index (χ1v) is 10.5. The molecule has 0 unspecified atom stereocenters. The molecular formula is C24H30N2O4. The van der Waals surface area contributed by atoms with E-state index in [0.717, 1.165) is 24.2 Å². The van der Waals surface area contributed by atoms with E-state index < -0.39 is 0 Å². The number of piperidine rings is 1. The fourth-order valence-electron chi connectivity index (χ4n) is 3.60. The number of carbonyl (C=O) groups is 2. The summed E-state index contributed by atoms with van der Waals surface area (Å²) >= 11 is 0. The Morgan fingerprint density at radius 3 is 2.60 bits per heavy atom. The van der Waals surface area contributed by atoms with E-state index in [1.54, 1.807) is 19.2 Å². The predicted octanol–water partition coefficient (Wildman–Crippen LogP) is 3.58. The molecule has 6 heteroatoms. The van der Waals surface area contributed by atoms with Gasteiger partial charge in [0.1, 0.15) is 11.5 Å². The predicted molar refractivity (Wildman–Crippen MR) is 116 cm³/mol. The van der Waals surface area contributed by atoms with Gasteiger partial charge in [-0.1, -0.05) is 24.3 Å². The number of hydrogen-bond acceptors (Lipinski definition) is 4. The summed E-state index contributed by atoms with van der Waals surface area (Å²) in [7, 11) is 1.59. The van der Waals surface area contributed by atoms with Crippen molar-refractivity contribution in [3.8, 4) is 11.5 Å². The largest absolute Gasteiger partial charge is 0.497 e. The molecule has 0 bridgehead atoms. The van der Waals surface area contributed by atoms with Gasteiger partial charge in [0.05, 0.1) is 13.7 Å². The van der Waals surface area contributed by atoms with Gasteiger partial charge in [0.2, 0.25) is 5.91 Å². The number of likely N-dealkylation sites (tertiary alicyclic amines) is 1. The van der Waals surface area contributed by atoms with Crippen LogP contribution >= 0.6 is 0 Å². The van der Waals surface area contributed by atoms with Crippen LogP contribution < -0.4 is 14.8 Å². The summed E-state index contributed by atoms with van der Waals surface area (Å²) in [4.78, 5) is 26.8. The summed E-state index contributed by atoms with van der Waals surface area (Å²) in [5, 5.41) is 3.09. The van der Waals surface area contributed by atoms with Gasteiger partial charge in [0.25, 0.3) is 5.91 Å². The van der Waals surface area contributed by atoms with Crippen molar-refractivity contribution in [1.29, 1.82) is 0 Å². The van der Waals surface area contributed by atoms with Crippen molar-refractivity contribution in [2.75, 3.05) is 26.8 Å². The highest BCUT2D eigenvalue weighted by atomic mass is 16.5. The third-order valence-corrected chi connectivity index (χ3v) is 5.36. The minimum Gasteiger partial charge on any atom is -0.497 e. The van der Waals surface area contributed by atoms with Gasteiger partial charge in [0.15, 0.2) is 0 Å². The second-order valence-corrected chi connectivity index (χ2v) is 7.58. The Morgan fingerprint density at radius 2 is 1.87 bits per heavy atom. The maximum absolute atomic E-state index is 12.7. The van der Waals surface area contributed by atoms with E-state index in [1.165, 1.54) is 0 Å². The van der Waals surface area contributed by atoms with Crippen molar-refractivity contribution in [3.63, 3.8) is 0 Å². The highest BCUT2D eigenvalue weighted by Gasteiger charge is 2.24. The first-order chi connectivity index (χ1) is 14.6. The maximum atomic E-state index is 12.7. The van der Waals surface area contributed by atoms with E-state index in [0.29, 0.717) is 43.9 Å². The zero-order valence-corrected chi connectivity index (χ0v) is 17.7. The molecule has 0 saturated carbocycles. The number of aryl methyl sites for hydroxylation is 1. The van der Waals surface area contributed by atoms with Crippen LogP contribution in [0.1, 0.15) is 41.6 Å². The van der Waals surface area contributed by atoms with Gasteiger partial charge in [-0.3, -0.25) is 9.59 Å². The molecule has 2 amide bonds. The average Bonchev–Trinajstić information content (AvgIpc) is 2.78. The van der Waals surface area contributed by atoms with Gasteiger partial charge >= 0.3 is 0 Å². The topological polar surface area (TPSA) is 67.9 Å². The number of ether oxygens (including phenoxy) is 2. The normalized spacial score (nSPS) is 14.3. The van der Waals surface area contributed by atoms with Gasteiger partial charge < -0.3 is 19.7 Å². The van der Waals surface area contributed by atoms with Crippen LogP contribution in [0.2, 0.25) is 0 Å². The molecule has 0 spiro atoms. The molecular weight excluding hydrogens is 380 g/mol. The van der Waals surface area contributed by atoms with Crippen molar-refractivity contribution >= 4 is 11.8 Å². The summed E-state index contributed by atoms with van der Waals surface area (Å²) in [6.07, 6.45) is 2.64. The number of rotatable bonds is 8. The molecule has 0 atom stereocenters. The molecule has 0 aromatic heterocycles. The molecule has 1 N–H and O–H groups in total. The fraction of sp³-hybridized carbons (Fsp3) is 0.417. The molecule has 1 heterocycles. The number of para-hydroxylation sites is 1. The number of hydrogen-bond donors (Lipinski definition) is 1.